The van der Waals surface area contributed by atoms with Crippen LogP contribution in [0.2, 0.25) is 0 Å². The average molecular weight is 458 g/mol. The van der Waals surface area contributed by atoms with Crippen molar-refractivity contribution in [3.63, 3.8) is 0 Å². The molecule has 7 nitrogen and oxygen atoms in total. The average Bonchev–Trinajstić information content (AvgIpc) is 3.41. The summed E-state index contributed by atoms with van der Waals surface area (Å²) in [5.41, 5.74) is 4.07. The highest BCUT2D eigenvalue weighted by molar-refractivity contribution is 6.02. The fraction of sp³-hybridized carbons (Fsp3) is 0.261. The van der Waals surface area contributed by atoms with Crippen LogP contribution in [0.15, 0.2) is 49.1 Å². The van der Waals surface area contributed by atoms with Crippen LogP contribution in [0.4, 0.5) is 13.2 Å². The highest BCUT2D eigenvalue weighted by Crippen LogP contribution is 2.38. The van der Waals surface area contributed by atoms with Crippen molar-refractivity contribution in [3.05, 3.63) is 54.6 Å². The van der Waals surface area contributed by atoms with E-state index in [-0.39, 0.29) is 17.1 Å². The van der Waals surface area contributed by atoms with Crippen LogP contribution in [0, 0.1) is 0 Å². The fourth-order valence-corrected chi connectivity index (χ4v) is 3.67. The zero-order valence-electron chi connectivity index (χ0n) is 18.2. The molecule has 0 radical (unpaired) electrons. The van der Waals surface area contributed by atoms with Crippen molar-refractivity contribution < 1.29 is 27.4 Å². The van der Waals surface area contributed by atoms with Gasteiger partial charge in [-0.1, -0.05) is 6.07 Å². The SMILES string of the molecule is COc1cc(-c2cnn3cc(-c4cnn(C)c4)ccc23)cc(OC)c1C(=O)CCC(F)(F)F. The number of aromatic nitrogens is 4. The van der Waals surface area contributed by atoms with Gasteiger partial charge >= 0.3 is 6.18 Å². The Labute approximate surface area is 187 Å². The molecule has 0 atom stereocenters. The van der Waals surface area contributed by atoms with E-state index in [0.29, 0.717) is 5.56 Å². The third kappa shape index (κ3) is 4.55. The molecule has 0 bridgehead atoms. The number of aryl methyl sites for hydroxylation is 1. The number of hydrogen-bond acceptors (Lipinski definition) is 5. The summed E-state index contributed by atoms with van der Waals surface area (Å²) >= 11 is 0. The highest BCUT2D eigenvalue weighted by Gasteiger charge is 2.30. The number of ketones is 1. The van der Waals surface area contributed by atoms with Gasteiger partial charge in [0, 0.05) is 42.6 Å². The summed E-state index contributed by atoms with van der Waals surface area (Å²) in [7, 11) is 4.55. The number of fused-ring (bicyclic) bond motifs is 1. The number of nitrogens with zero attached hydrogens (tertiary/aromatic N) is 4. The number of benzene rings is 1. The van der Waals surface area contributed by atoms with Gasteiger partial charge in [0.2, 0.25) is 0 Å². The Kier molecular flexibility index (Phi) is 5.84. The molecule has 3 heterocycles. The number of carbonyl (C=O) groups excluding carboxylic acids is 1. The third-order valence-electron chi connectivity index (χ3n) is 5.29. The largest absolute Gasteiger partial charge is 0.496 e. The van der Waals surface area contributed by atoms with Gasteiger partial charge in [-0.05, 0) is 23.8 Å². The number of Topliss-reactive ketones (excluding diaryl/α,β-unsaturated/α-hetero) is 1. The van der Waals surface area contributed by atoms with E-state index >= 15 is 0 Å². The van der Waals surface area contributed by atoms with Crippen LogP contribution in [0.25, 0.3) is 27.8 Å². The van der Waals surface area contributed by atoms with Gasteiger partial charge in [0.15, 0.2) is 5.78 Å². The summed E-state index contributed by atoms with van der Waals surface area (Å²) in [4.78, 5) is 12.6. The van der Waals surface area contributed by atoms with E-state index in [1.807, 2.05) is 31.6 Å². The molecule has 172 valence electrons. The van der Waals surface area contributed by atoms with Gasteiger partial charge < -0.3 is 9.47 Å². The number of pyridine rings is 1. The van der Waals surface area contributed by atoms with Crippen LogP contribution >= 0.6 is 0 Å². The summed E-state index contributed by atoms with van der Waals surface area (Å²) in [5.74, 6) is -0.417. The van der Waals surface area contributed by atoms with Crippen LogP contribution in [0.1, 0.15) is 23.2 Å². The standard InChI is InChI=1S/C23H21F3N4O3/c1-29-12-16(10-27-29)14-4-5-18-17(11-28-30(18)13-14)15-8-20(32-2)22(21(9-15)33-3)19(31)6-7-23(24,25)26/h4-5,8-13H,6-7H2,1-3H3. The van der Waals surface area contributed by atoms with Crippen molar-refractivity contribution in [2.75, 3.05) is 14.2 Å². The maximum absolute atomic E-state index is 12.6. The summed E-state index contributed by atoms with van der Waals surface area (Å²) in [6.45, 7) is 0. The Morgan fingerprint density at radius 3 is 2.24 bits per heavy atom. The number of methoxy groups -OCH3 is 2. The smallest absolute Gasteiger partial charge is 0.389 e. The first-order valence-corrected chi connectivity index (χ1v) is 10.0. The molecule has 0 aliphatic rings. The molecule has 0 spiro atoms. The van der Waals surface area contributed by atoms with E-state index in [0.717, 1.165) is 22.2 Å². The Morgan fingerprint density at radius 2 is 1.67 bits per heavy atom. The van der Waals surface area contributed by atoms with E-state index in [9.17, 15) is 18.0 Å². The summed E-state index contributed by atoms with van der Waals surface area (Å²) < 4.78 is 52.0. The monoisotopic (exact) mass is 458 g/mol. The lowest BCUT2D eigenvalue weighted by Gasteiger charge is -2.15. The van der Waals surface area contributed by atoms with Crippen LogP contribution in [0.3, 0.4) is 0 Å². The minimum absolute atomic E-state index is 0.0108. The van der Waals surface area contributed by atoms with Crippen molar-refractivity contribution in [3.8, 4) is 33.8 Å². The number of halogens is 3. The second-order valence-electron chi connectivity index (χ2n) is 7.50. The molecular formula is C23H21F3N4O3. The molecule has 0 unspecified atom stereocenters. The van der Waals surface area contributed by atoms with Crippen LogP contribution in [0.5, 0.6) is 11.5 Å². The predicted octanol–water partition coefficient (Wildman–Crippen LogP) is 4.94. The molecule has 0 aliphatic heterocycles. The molecule has 10 heteroatoms. The summed E-state index contributed by atoms with van der Waals surface area (Å²) in [5, 5.41) is 8.61. The first-order valence-electron chi connectivity index (χ1n) is 10.0. The molecule has 4 aromatic rings. The first-order chi connectivity index (χ1) is 15.7. The van der Waals surface area contributed by atoms with Crippen molar-refractivity contribution in [2.45, 2.75) is 19.0 Å². The zero-order chi connectivity index (χ0) is 23.8. The lowest BCUT2D eigenvalue weighted by atomic mass is 9.98. The second kappa shape index (κ2) is 8.61. The van der Waals surface area contributed by atoms with E-state index in [1.54, 1.807) is 33.7 Å². The van der Waals surface area contributed by atoms with Crippen molar-refractivity contribution in [2.24, 2.45) is 7.05 Å². The van der Waals surface area contributed by atoms with Gasteiger partial charge in [0.05, 0.1) is 38.6 Å². The number of carbonyl (C=O) groups is 1. The molecule has 4 rings (SSSR count). The van der Waals surface area contributed by atoms with Crippen LogP contribution < -0.4 is 9.47 Å². The molecule has 0 fully saturated rings. The molecule has 0 N–H and O–H groups in total. The minimum Gasteiger partial charge on any atom is -0.496 e. The van der Waals surface area contributed by atoms with Gasteiger partial charge in [-0.3, -0.25) is 9.48 Å². The van der Waals surface area contributed by atoms with Crippen molar-refractivity contribution >= 4 is 11.3 Å². The lowest BCUT2D eigenvalue weighted by molar-refractivity contribution is -0.133. The number of ether oxygens (including phenoxy) is 2. The Bertz CT molecular complexity index is 1300. The van der Waals surface area contributed by atoms with Gasteiger partial charge in [0.25, 0.3) is 0 Å². The van der Waals surface area contributed by atoms with Gasteiger partial charge in [-0.15, -0.1) is 0 Å². The Morgan fingerprint density at radius 1 is 0.970 bits per heavy atom. The first kappa shape index (κ1) is 22.4. The maximum Gasteiger partial charge on any atom is 0.389 e. The molecule has 0 aliphatic carbocycles. The van der Waals surface area contributed by atoms with Gasteiger partial charge in [0.1, 0.15) is 17.1 Å². The summed E-state index contributed by atoms with van der Waals surface area (Å²) in [6, 6.07) is 7.07. The second-order valence-corrected chi connectivity index (χ2v) is 7.50. The van der Waals surface area contributed by atoms with Crippen LogP contribution in [-0.2, 0) is 7.05 Å². The molecular weight excluding hydrogens is 437 g/mol. The Hall–Kier alpha value is -3.82. The molecule has 0 amide bonds. The number of alkyl halides is 3. The Balaban J connectivity index is 1.74. The number of rotatable bonds is 7. The van der Waals surface area contributed by atoms with E-state index in [2.05, 4.69) is 10.2 Å². The summed E-state index contributed by atoms with van der Waals surface area (Å²) in [6.07, 6.45) is 0.866. The zero-order valence-corrected chi connectivity index (χ0v) is 18.2. The van der Waals surface area contributed by atoms with Crippen molar-refractivity contribution in [1.82, 2.24) is 19.4 Å². The van der Waals surface area contributed by atoms with Gasteiger partial charge in [-0.2, -0.15) is 23.4 Å². The number of hydrogen-bond donors (Lipinski definition) is 0. The molecule has 3 aromatic heterocycles. The highest BCUT2D eigenvalue weighted by atomic mass is 19.4. The lowest BCUT2D eigenvalue weighted by Crippen LogP contribution is -2.12. The topological polar surface area (TPSA) is 70.7 Å². The normalized spacial score (nSPS) is 11.7. The van der Waals surface area contributed by atoms with Gasteiger partial charge in [-0.25, -0.2) is 4.52 Å². The minimum atomic E-state index is -4.43. The van der Waals surface area contributed by atoms with E-state index in [1.165, 1.54) is 14.2 Å². The predicted molar refractivity (Wildman–Crippen MR) is 116 cm³/mol. The fourth-order valence-electron chi connectivity index (χ4n) is 3.67. The molecule has 0 saturated carbocycles. The van der Waals surface area contributed by atoms with Crippen molar-refractivity contribution in [1.29, 1.82) is 0 Å². The maximum atomic E-state index is 12.6. The third-order valence-corrected chi connectivity index (χ3v) is 5.29. The van der Waals surface area contributed by atoms with E-state index in [4.69, 9.17) is 9.47 Å². The quantitative estimate of drug-likeness (QED) is 0.367. The van der Waals surface area contributed by atoms with Crippen LogP contribution in [-0.4, -0.2) is 45.6 Å². The molecule has 33 heavy (non-hydrogen) atoms. The van der Waals surface area contributed by atoms with E-state index < -0.39 is 24.8 Å². The molecule has 1 aromatic carbocycles. The molecule has 0 saturated heterocycles.